The molecule has 0 aliphatic heterocycles. The van der Waals surface area contributed by atoms with Gasteiger partial charge in [0.1, 0.15) is 11.9 Å². The van der Waals surface area contributed by atoms with Crippen LogP contribution in [0.25, 0.3) is 0 Å². The normalized spacial score (nSPS) is 11.5. The van der Waals surface area contributed by atoms with E-state index in [-0.39, 0.29) is 11.9 Å². The number of hydrogen-bond acceptors (Lipinski definition) is 5. The van der Waals surface area contributed by atoms with E-state index >= 15 is 0 Å². The van der Waals surface area contributed by atoms with Gasteiger partial charge >= 0.3 is 7.60 Å². The molecule has 0 heterocycles. The van der Waals surface area contributed by atoms with Crippen molar-refractivity contribution in [3.05, 3.63) is 35.9 Å². The number of carbonyl (C=O) groups excluding carboxylic acids is 1. The smallest absolute Gasteiger partial charge is 0.337 e. The fraction of sp³-hybridized carbons (Fsp3) is 0.562. The van der Waals surface area contributed by atoms with Crippen molar-refractivity contribution in [3.63, 3.8) is 0 Å². The average Bonchev–Trinajstić information content (AvgIpc) is 2.54. The molecule has 6 heteroatoms. The molecular weight excluding hydrogens is 303 g/mol. The highest BCUT2D eigenvalue weighted by Gasteiger charge is 2.24. The SMILES string of the molecule is COP(=O)(CC(=O)CCCCCOCc1ccccc1)OC. The molecule has 0 aromatic heterocycles. The highest BCUT2D eigenvalue weighted by molar-refractivity contribution is 7.54. The van der Waals surface area contributed by atoms with Crippen LogP contribution in [0.15, 0.2) is 30.3 Å². The molecule has 124 valence electrons. The second-order valence-electron chi connectivity index (χ2n) is 5.02. The molecule has 0 saturated heterocycles. The van der Waals surface area contributed by atoms with Gasteiger partial charge in [0, 0.05) is 27.2 Å². The summed E-state index contributed by atoms with van der Waals surface area (Å²) in [5.41, 5.74) is 1.16. The van der Waals surface area contributed by atoms with Gasteiger partial charge in [0.15, 0.2) is 0 Å². The lowest BCUT2D eigenvalue weighted by atomic mass is 10.1. The molecule has 0 bridgehead atoms. The van der Waals surface area contributed by atoms with Crippen molar-refractivity contribution in [1.82, 2.24) is 0 Å². The minimum Gasteiger partial charge on any atom is -0.377 e. The van der Waals surface area contributed by atoms with Gasteiger partial charge in [-0.15, -0.1) is 0 Å². The van der Waals surface area contributed by atoms with Gasteiger partial charge in [-0.3, -0.25) is 9.36 Å². The van der Waals surface area contributed by atoms with Gasteiger partial charge in [-0.2, -0.15) is 0 Å². The van der Waals surface area contributed by atoms with Gasteiger partial charge in [-0.1, -0.05) is 36.8 Å². The van der Waals surface area contributed by atoms with Crippen LogP contribution in [0.4, 0.5) is 0 Å². The van der Waals surface area contributed by atoms with Crippen LogP contribution in [-0.2, 0) is 29.8 Å². The predicted molar refractivity (Wildman–Crippen MR) is 86.1 cm³/mol. The average molecular weight is 328 g/mol. The molecule has 1 aromatic rings. The quantitative estimate of drug-likeness (QED) is 0.431. The molecule has 0 atom stereocenters. The molecule has 5 nitrogen and oxygen atoms in total. The molecule has 0 fully saturated rings. The number of carbonyl (C=O) groups is 1. The monoisotopic (exact) mass is 328 g/mol. The lowest BCUT2D eigenvalue weighted by Crippen LogP contribution is -2.07. The maximum Gasteiger partial charge on any atom is 0.337 e. The van der Waals surface area contributed by atoms with E-state index in [9.17, 15) is 9.36 Å². The Balaban J connectivity index is 2.03. The highest BCUT2D eigenvalue weighted by atomic mass is 31.2. The molecule has 0 saturated carbocycles. The topological polar surface area (TPSA) is 61.8 Å². The van der Waals surface area contributed by atoms with Crippen LogP contribution >= 0.6 is 7.60 Å². The van der Waals surface area contributed by atoms with Crippen molar-refractivity contribution in [3.8, 4) is 0 Å². The standard InChI is InChI=1S/C16H25O5P/c1-19-22(18,20-2)14-16(17)11-7-4-8-12-21-13-15-9-5-3-6-10-15/h3,5-6,9-10H,4,7-8,11-14H2,1-2H3. The highest BCUT2D eigenvalue weighted by Crippen LogP contribution is 2.46. The fourth-order valence-electron chi connectivity index (χ4n) is 1.97. The van der Waals surface area contributed by atoms with E-state index in [4.69, 9.17) is 13.8 Å². The Kier molecular flexibility index (Phi) is 9.25. The predicted octanol–water partition coefficient (Wildman–Crippen LogP) is 3.82. The molecule has 0 radical (unpaired) electrons. The van der Waals surface area contributed by atoms with E-state index in [0.29, 0.717) is 19.6 Å². The number of hydrogen-bond donors (Lipinski definition) is 0. The Morgan fingerprint density at radius 3 is 2.36 bits per heavy atom. The molecule has 0 spiro atoms. The van der Waals surface area contributed by atoms with Crippen LogP contribution < -0.4 is 0 Å². The van der Waals surface area contributed by atoms with Crippen molar-refractivity contribution in [1.29, 1.82) is 0 Å². The van der Waals surface area contributed by atoms with Crippen molar-refractivity contribution < 1.29 is 23.1 Å². The Bertz CT molecular complexity index is 467. The van der Waals surface area contributed by atoms with Crippen LogP contribution in [0.3, 0.4) is 0 Å². The van der Waals surface area contributed by atoms with Crippen molar-refractivity contribution in [2.45, 2.75) is 32.3 Å². The Hall–Kier alpha value is -1.00. The Morgan fingerprint density at radius 1 is 1.05 bits per heavy atom. The first-order valence-corrected chi connectivity index (χ1v) is 9.16. The number of unbranched alkanes of at least 4 members (excludes halogenated alkanes) is 2. The lowest BCUT2D eigenvalue weighted by molar-refractivity contribution is -0.117. The van der Waals surface area contributed by atoms with Crippen molar-refractivity contribution in [2.24, 2.45) is 0 Å². The minimum atomic E-state index is -3.21. The van der Waals surface area contributed by atoms with Crippen molar-refractivity contribution in [2.75, 3.05) is 27.0 Å². The third-order valence-electron chi connectivity index (χ3n) is 3.28. The summed E-state index contributed by atoms with van der Waals surface area (Å²) in [5.74, 6) is -0.0859. The summed E-state index contributed by atoms with van der Waals surface area (Å²) < 4.78 is 26.9. The Morgan fingerprint density at radius 2 is 1.73 bits per heavy atom. The maximum atomic E-state index is 11.8. The number of rotatable bonds is 12. The molecule has 1 aromatic carbocycles. The van der Waals surface area contributed by atoms with Gasteiger partial charge in [-0.25, -0.2) is 0 Å². The minimum absolute atomic E-state index is 0.0859. The molecular formula is C16H25O5P. The molecule has 22 heavy (non-hydrogen) atoms. The molecule has 0 N–H and O–H groups in total. The molecule has 0 aliphatic carbocycles. The van der Waals surface area contributed by atoms with E-state index in [0.717, 1.165) is 24.8 Å². The van der Waals surface area contributed by atoms with Crippen molar-refractivity contribution >= 4 is 13.4 Å². The van der Waals surface area contributed by atoms with Crippen LogP contribution in [0.1, 0.15) is 31.2 Å². The number of Topliss-reactive ketones (excluding diaryl/α,β-unsaturated/α-hetero) is 1. The molecule has 0 amide bonds. The first kappa shape index (κ1) is 19.0. The zero-order chi connectivity index (χ0) is 16.3. The summed E-state index contributed by atoms with van der Waals surface area (Å²) in [6.45, 7) is 1.29. The zero-order valence-corrected chi connectivity index (χ0v) is 14.2. The van der Waals surface area contributed by atoms with E-state index in [2.05, 4.69) is 0 Å². The van der Waals surface area contributed by atoms with E-state index in [1.807, 2.05) is 30.3 Å². The van der Waals surface area contributed by atoms with Crippen LogP contribution in [0.5, 0.6) is 0 Å². The third-order valence-corrected chi connectivity index (χ3v) is 5.13. The van der Waals surface area contributed by atoms with Gasteiger partial charge in [0.25, 0.3) is 0 Å². The van der Waals surface area contributed by atoms with Crippen LogP contribution in [-0.4, -0.2) is 32.8 Å². The van der Waals surface area contributed by atoms with E-state index in [1.54, 1.807) is 0 Å². The molecule has 0 unspecified atom stereocenters. The first-order valence-electron chi connectivity index (χ1n) is 7.43. The number of ether oxygens (including phenoxy) is 1. The van der Waals surface area contributed by atoms with E-state index < -0.39 is 7.60 Å². The van der Waals surface area contributed by atoms with Gasteiger partial charge in [0.2, 0.25) is 0 Å². The summed E-state index contributed by atoms with van der Waals surface area (Å²) >= 11 is 0. The number of benzene rings is 1. The maximum absolute atomic E-state index is 11.8. The molecule has 1 rings (SSSR count). The lowest BCUT2D eigenvalue weighted by Gasteiger charge is -2.12. The van der Waals surface area contributed by atoms with Gasteiger partial charge < -0.3 is 13.8 Å². The Labute approximate surface area is 132 Å². The first-order chi connectivity index (χ1) is 10.6. The second kappa shape index (κ2) is 10.7. The van der Waals surface area contributed by atoms with Gasteiger partial charge in [-0.05, 0) is 18.4 Å². The summed E-state index contributed by atoms with van der Waals surface area (Å²) in [6, 6.07) is 10.0. The van der Waals surface area contributed by atoms with Gasteiger partial charge in [0.05, 0.1) is 6.61 Å². The largest absolute Gasteiger partial charge is 0.377 e. The van der Waals surface area contributed by atoms with Crippen LogP contribution in [0, 0.1) is 0 Å². The van der Waals surface area contributed by atoms with Crippen LogP contribution in [0.2, 0.25) is 0 Å². The number of ketones is 1. The summed E-state index contributed by atoms with van der Waals surface area (Å²) in [4.78, 5) is 11.7. The van der Waals surface area contributed by atoms with E-state index in [1.165, 1.54) is 14.2 Å². The zero-order valence-electron chi connectivity index (χ0n) is 13.3. The summed E-state index contributed by atoms with van der Waals surface area (Å²) in [7, 11) is -0.625. The second-order valence-corrected chi connectivity index (χ2v) is 7.29. The third kappa shape index (κ3) is 7.85. The summed E-state index contributed by atoms with van der Waals surface area (Å²) in [5, 5.41) is 0. The molecule has 0 aliphatic rings. The summed E-state index contributed by atoms with van der Waals surface area (Å²) in [6.07, 6.45) is 2.83. The fourth-order valence-corrected chi connectivity index (χ4v) is 2.96.